The van der Waals surface area contributed by atoms with E-state index in [1.807, 2.05) is 19.2 Å². The van der Waals surface area contributed by atoms with Gasteiger partial charge in [0.25, 0.3) is 0 Å². The molecule has 0 unspecified atom stereocenters. The third-order valence-corrected chi connectivity index (χ3v) is 4.51. The van der Waals surface area contributed by atoms with Crippen molar-refractivity contribution in [2.75, 3.05) is 13.6 Å². The average Bonchev–Trinajstić information content (AvgIpc) is 2.64. The molecule has 116 valence electrons. The Kier molecular flexibility index (Phi) is 4.55. The highest BCUT2D eigenvalue weighted by Crippen LogP contribution is 2.34. The van der Waals surface area contributed by atoms with Crippen molar-refractivity contribution in [2.24, 2.45) is 0 Å². The summed E-state index contributed by atoms with van der Waals surface area (Å²) in [7, 11) is 1.84. The van der Waals surface area contributed by atoms with Gasteiger partial charge in [-0.3, -0.25) is 0 Å². The first-order valence-electron chi connectivity index (χ1n) is 7.85. The Bertz CT molecular complexity index is 656. The lowest BCUT2D eigenvalue weighted by atomic mass is 9.87. The first-order chi connectivity index (χ1) is 10.7. The molecule has 0 amide bonds. The summed E-state index contributed by atoms with van der Waals surface area (Å²) in [6.07, 6.45) is 1.92. The van der Waals surface area contributed by atoms with Crippen molar-refractivity contribution in [3.63, 3.8) is 0 Å². The molecule has 0 heterocycles. The summed E-state index contributed by atoms with van der Waals surface area (Å²) in [6, 6.07) is 13.5. The molecule has 0 spiro atoms. The summed E-state index contributed by atoms with van der Waals surface area (Å²) in [4.78, 5) is 0. The fourth-order valence-electron chi connectivity index (χ4n) is 3.49. The van der Waals surface area contributed by atoms with Crippen molar-refractivity contribution in [3.8, 4) is 0 Å². The molecule has 0 saturated heterocycles. The molecule has 1 aliphatic carbocycles. The molecule has 0 aliphatic heterocycles. The molecule has 2 N–H and O–H groups in total. The molecule has 0 bridgehead atoms. The first kappa shape index (κ1) is 15.2. The first-order valence-corrected chi connectivity index (χ1v) is 7.85. The van der Waals surface area contributed by atoms with Crippen LogP contribution in [0.1, 0.15) is 34.6 Å². The van der Waals surface area contributed by atoms with E-state index in [0.29, 0.717) is 13.0 Å². The van der Waals surface area contributed by atoms with Crippen LogP contribution in [0.5, 0.6) is 0 Å². The van der Waals surface area contributed by atoms with Crippen molar-refractivity contribution < 1.29 is 9.50 Å². The highest BCUT2D eigenvalue weighted by Gasteiger charge is 2.24. The summed E-state index contributed by atoms with van der Waals surface area (Å²) in [6.45, 7) is 0.578. The van der Waals surface area contributed by atoms with Crippen LogP contribution in [0.2, 0.25) is 0 Å². The Morgan fingerprint density at radius 2 is 2.00 bits per heavy atom. The summed E-state index contributed by atoms with van der Waals surface area (Å²) < 4.78 is 13.6. The number of halogens is 1. The average molecular weight is 299 g/mol. The molecule has 22 heavy (non-hydrogen) atoms. The van der Waals surface area contributed by atoms with E-state index in [4.69, 9.17) is 0 Å². The molecule has 0 saturated carbocycles. The van der Waals surface area contributed by atoms with Crippen molar-refractivity contribution in [3.05, 3.63) is 70.5 Å². The maximum atomic E-state index is 13.6. The number of benzene rings is 2. The lowest BCUT2D eigenvalue weighted by molar-refractivity contribution is 0.154. The minimum Gasteiger partial charge on any atom is -0.392 e. The fourth-order valence-corrected chi connectivity index (χ4v) is 3.49. The van der Waals surface area contributed by atoms with E-state index in [0.717, 1.165) is 18.4 Å². The van der Waals surface area contributed by atoms with Gasteiger partial charge in [0.05, 0.1) is 6.10 Å². The predicted molar refractivity (Wildman–Crippen MR) is 86.6 cm³/mol. The van der Waals surface area contributed by atoms with Crippen molar-refractivity contribution in [1.29, 1.82) is 0 Å². The molecular formula is C19H22FNO. The van der Waals surface area contributed by atoms with Crippen LogP contribution < -0.4 is 5.32 Å². The molecule has 3 rings (SSSR count). The molecule has 1 aliphatic rings. The lowest BCUT2D eigenvalue weighted by Gasteiger charge is -2.21. The second-order valence-corrected chi connectivity index (χ2v) is 6.14. The minimum absolute atomic E-state index is 0.181. The number of nitrogens with one attached hydrogen (secondary N) is 1. The Morgan fingerprint density at radius 3 is 2.82 bits per heavy atom. The molecule has 0 fully saturated rings. The third kappa shape index (κ3) is 3.21. The number of likely N-dealkylation sites (N-methyl/N-ethyl adjacent to an activating group) is 1. The zero-order chi connectivity index (χ0) is 15.5. The van der Waals surface area contributed by atoms with Crippen LogP contribution in [-0.2, 0) is 12.8 Å². The quantitative estimate of drug-likeness (QED) is 0.909. The number of hydrogen-bond acceptors (Lipinski definition) is 2. The minimum atomic E-state index is -0.391. The second-order valence-electron chi connectivity index (χ2n) is 6.14. The molecule has 2 aromatic rings. The van der Waals surface area contributed by atoms with Crippen LogP contribution >= 0.6 is 0 Å². The van der Waals surface area contributed by atoms with Crippen molar-refractivity contribution in [1.82, 2.24) is 5.32 Å². The van der Waals surface area contributed by atoms with Gasteiger partial charge in [-0.2, -0.15) is 0 Å². The predicted octanol–water partition coefficient (Wildman–Crippen LogP) is 3.03. The zero-order valence-corrected chi connectivity index (χ0v) is 12.8. The van der Waals surface area contributed by atoms with Gasteiger partial charge in [0.1, 0.15) is 5.82 Å². The van der Waals surface area contributed by atoms with E-state index in [2.05, 4.69) is 23.5 Å². The highest BCUT2D eigenvalue weighted by molar-refractivity contribution is 5.42. The maximum absolute atomic E-state index is 13.6. The van der Waals surface area contributed by atoms with Crippen molar-refractivity contribution >= 4 is 0 Å². The normalized spacial score (nSPS) is 18.2. The Morgan fingerprint density at radius 1 is 1.18 bits per heavy atom. The van der Waals surface area contributed by atoms with Crippen molar-refractivity contribution in [2.45, 2.75) is 31.3 Å². The fraction of sp³-hybridized carbons (Fsp3) is 0.368. The van der Waals surface area contributed by atoms with E-state index < -0.39 is 6.10 Å². The largest absolute Gasteiger partial charge is 0.392 e. The van der Waals surface area contributed by atoms with Crippen LogP contribution in [0.25, 0.3) is 0 Å². The maximum Gasteiger partial charge on any atom is 0.123 e. The molecule has 2 atom stereocenters. The van der Waals surface area contributed by atoms with Gasteiger partial charge in [-0.05, 0) is 66.6 Å². The van der Waals surface area contributed by atoms with Gasteiger partial charge in [-0.15, -0.1) is 0 Å². The van der Waals surface area contributed by atoms with Gasteiger partial charge in [0.2, 0.25) is 0 Å². The standard InChI is InChI=1S/C19H22FNO/c1-21-12-18(22)11-16-9-15-10-17(20)7-6-13(15)8-14-4-2-3-5-19(14)16/h2-7,10,16,18,21-22H,8-9,11-12H2,1H3/t16-,18-/m0/s1. The van der Waals surface area contributed by atoms with E-state index in [1.165, 1.54) is 22.8 Å². The SMILES string of the molecule is CNC[C@@H](O)C[C@@H]1Cc2cc(F)ccc2Cc2ccccc21. The van der Waals surface area contributed by atoms with Crippen LogP contribution in [0.4, 0.5) is 4.39 Å². The molecule has 2 nitrogen and oxygen atoms in total. The Balaban J connectivity index is 1.97. The molecular weight excluding hydrogens is 277 g/mol. The van der Waals surface area contributed by atoms with Gasteiger partial charge >= 0.3 is 0 Å². The molecule has 3 heteroatoms. The summed E-state index contributed by atoms with van der Waals surface area (Å²) >= 11 is 0. The number of aliphatic hydroxyl groups is 1. The van der Waals surface area contributed by atoms with Crippen LogP contribution in [-0.4, -0.2) is 24.8 Å². The van der Waals surface area contributed by atoms with Gasteiger partial charge in [-0.1, -0.05) is 30.3 Å². The number of fused-ring (bicyclic) bond motifs is 2. The lowest BCUT2D eigenvalue weighted by Crippen LogP contribution is -2.26. The molecule has 2 aromatic carbocycles. The molecule has 0 aromatic heterocycles. The number of rotatable bonds is 4. The van der Waals surface area contributed by atoms with E-state index >= 15 is 0 Å². The zero-order valence-electron chi connectivity index (χ0n) is 12.8. The van der Waals surface area contributed by atoms with E-state index in [1.54, 1.807) is 6.07 Å². The highest BCUT2D eigenvalue weighted by atomic mass is 19.1. The van der Waals surface area contributed by atoms with Crippen LogP contribution in [0.15, 0.2) is 42.5 Å². The van der Waals surface area contributed by atoms with E-state index in [-0.39, 0.29) is 11.7 Å². The van der Waals surface area contributed by atoms with Crippen LogP contribution in [0, 0.1) is 5.82 Å². The summed E-state index contributed by atoms with van der Waals surface area (Å²) in [5.41, 5.74) is 4.83. The van der Waals surface area contributed by atoms with Gasteiger partial charge in [0, 0.05) is 6.54 Å². The number of hydrogen-bond donors (Lipinski definition) is 2. The Hall–Kier alpha value is -1.71. The smallest absolute Gasteiger partial charge is 0.123 e. The summed E-state index contributed by atoms with van der Waals surface area (Å²) in [5, 5.41) is 13.2. The third-order valence-electron chi connectivity index (χ3n) is 4.51. The topological polar surface area (TPSA) is 32.3 Å². The molecule has 0 radical (unpaired) electrons. The second kappa shape index (κ2) is 6.59. The van der Waals surface area contributed by atoms with Crippen LogP contribution in [0.3, 0.4) is 0 Å². The van der Waals surface area contributed by atoms with Gasteiger partial charge < -0.3 is 10.4 Å². The van der Waals surface area contributed by atoms with E-state index in [9.17, 15) is 9.50 Å². The number of aliphatic hydroxyl groups excluding tert-OH is 1. The summed E-state index contributed by atoms with van der Waals surface area (Å²) in [5.74, 6) is 0.0434. The van der Waals surface area contributed by atoms with Gasteiger partial charge in [-0.25, -0.2) is 4.39 Å². The monoisotopic (exact) mass is 299 g/mol. The Labute approximate surface area is 131 Å². The van der Waals surface area contributed by atoms with Gasteiger partial charge in [0.15, 0.2) is 0 Å².